The van der Waals surface area contributed by atoms with E-state index in [1.54, 1.807) is 0 Å². The van der Waals surface area contributed by atoms with Crippen molar-refractivity contribution >= 4 is 76.1 Å². The van der Waals surface area contributed by atoms with Crippen LogP contribution in [0.3, 0.4) is 0 Å². The molecule has 6 heteroatoms. The number of benzene rings is 9. The average molecular weight is 922 g/mol. The Morgan fingerprint density at radius 1 is 0.431 bits per heavy atom. The second-order valence-electron chi connectivity index (χ2n) is 14.5. The quantitative estimate of drug-likeness (QED) is 0.127. The molecule has 0 N–H and O–H groups in total. The molecule has 9 aromatic carbocycles. The van der Waals surface area contributed by atoms with E-state index in [2.05, 4.69) is 203 Å². The molecule has 0 amide bonds. The second-order valence-corrected chi connectivity index (χ2v) is 15.5. The van der Waals surface area contributed by atoms with Gasteiger partial charge in [-0.2, -0.15) is 0 Å². The molecule has 0 saturated heterocycles. The predicted octanol–water partition coefficient (Wildman–Crippen LogP) is 13.0. The van der Waals surface area contributed by atoms with Gasteiger partial charge in [0.05, 0.1) is 5.52 Å². The molecule has 12 rings (SSSR count). The summed E-state index contributed by atoms with van der Waals surface area (Å²) in [7, 11) is 0. The van der Waals surface area contributed by atoms with E-state index in [1.807, 2.05) is 24.3 Å². The summed E-state index contributed by atoms with van der Waals surface area (Å²) in [6.45, 7) is 0. The molecule has 3 aromatic heterocycles. The van der Waals surface area contributed by atoms with E-state index in [0.717, 1.165) is 70.1 Å². The van der Waals surface area contributed by atoms with Crippen molar-refractivity contribution in [2.75, 3.05) is 0 Å². The van der Waals surface area contributed by atoms with Crippen LogP contribution < -0.4 is 4.74 Å². The Balaban J connectivity index is 1.05. The molecule has 0 bridgehead atoms. The number of hydrogen-bond donors (Lipinski definition) is 0. The topological polar surface area (TPSA) is 36.9 Å². The van der Waals surface area contributed by atoms with Crippen molar-refractivity contribution in [3.63, 3.8) is 0 Å². The van der Waals surface area contributed by atoms with Crippen molar-refractivity contribution in [3.8, 4) is 28.7 Å². The summed E-state index contributed by atoms with van der Waals surface area (Å²) in [5.74, 6) is 2.05. The van der Waals surface area contributed by atoms with Crippen LogP contribution >= 0.6 is 0 Å². The van der Waals surface area contributed by atoms with Gasteiger partial charge < -0.3 is 0 Å². The van der Waals surface area contributed by atoms with E-state index in [-0.39, 0.29) is 0 Å². The Hall–Kier alpha value is -7.07. The van der Waals surface area contributed by atoms with E-state index in [9.17, 15) is 0 Å². The molecule has 0 aliphatic rings. The first kappa shape index (κ1) is 33.1. The molecule has 5 nitrogen and oxygen atoms in total. The summed E-state index contributed by atoms with van der Waals surface area (Å²) >= 11 is 2.41. The summed E-state index contributed by atoms with van der Waals surface area (Å²) in [6.07, 6.45) is 0. The van der Waals surface area contributed by atoms with Crippen molar-refractivity contribution < 1.29 is 24.1 Å². The third kappa shape index (κ3) is 5.00. The third-order valence-corrected chi connectivity index (χ3v) is 12.3. The van der Waals surface area contributed by atoms with Crippen molar-refractivity contribution in [2.24, 2.45) is 0 Å². The molecule has 0 fully saturated rings. The normalized spacial score (nSPS) is 11.9. The van der Waals surface area contributed by atoms with Gasteiger partial charge in [0.2, 0.25) is 0 Å². The Morgan fingerprint density at radius 2 is 1.05 bits per heavy atom. The fraction of sp³-hybridized carbons (Fsp3) is 0. The van der Waals surface area contributed by atoms with E-state index >= 15 is 0 Å². The SMILES string of the molecule is [Pt]=[c]1n(-c2[c-]c(Oc3[c-]c4c(cc3)c3ccccc3n4-c3nc4ccc5ccccc5c4c4c3ccc3ccccc34)ccc2)c2ccccc2n1-c1ccccc1. The van der Waals surface area contributed by atoms with Crippen molar-refractivity contribution in [1.82, 2.24) is 18.7 Å². The zero-order valence-corrected chi connectivity index (χ0v) is 33.1. The molecule has 3 heterocycles. The molecule has 58 heavy (non-hydrogen) atoms. The van der Waals surface area contributed by atoms with E-state index in [0.29, 0.717) is 11.5 Å². The van der Waals surface area contributed by atoms with Gasteiger partial charge in [-0.3, -0.25) is 0 Å². The molecule has 0 spiro atoms. The number of para-hydroxylation sites is 4. The van der Waals surface area contributed by atoms with Crippen LogP contribution in [0.2, 0.25) is 0 Å². The number of aromatic nitrogens is 4. The molecule has 0 aliphatic heterocycles. The van der Waals surface area contributed by atoms with Crippen molar-refractivity contribution in [3.05, 3.63) is 198 Å². The van der Waals surface area contributed by atoms with Crippen LogP contribution in [0.25, 0.3) is 93.3 Å². The van der Waals surface area contributed by atoms with Crippen LogP contribution in [0.15, 0.2) is 182 Å². The number of imidazole rings is 1. The van der Waals surface area contributed by atoms with Crippen LogP contribution in [0, 0.1) is 15.9 Å². The standard InChI is InChI=1S/C52H30N4O.Pt/c1-2-15-36(16-3-1)54-33-55(48-24-11-10-23-47(48)54)37-17-12-18-38(31-37)57-39-27-29-43-42-21-8-9-22-46(42)56(49(43)32-39)52-44-28-25-34-13-4-6-19-40(34)50(44)51-41-20-7-5-14-35(41)26-30-45(51)53-52;/h1-30H;/q-2;. The first-order valence-electron chi connectivity index (χ1n) is 19.2. The van der Waals surface area contributed by atoms with Crippen LogP contribution in [-0.2, 0) is 19.4 Å². The first-order chi connectivity index (χ1) is 28.7. The van der Waals surface area contributed by atoms with Crippen molar-refractivity contribution in [2.45, 2.75) is 0 Å². The van der Waals surface area contributed by atoms with E-state index in [4.69, 9.17) is 9.72 Å². The molecule has 276 valence electrons. The summed E-state index contributed by atoms with van der Waals surface area (Å²) < 4.78 is 14.5. The van der Waals surface area contributed by atoms with Gasteiger partial charge in [-0.25, -0.2) is 0 Å². The minimum atomic E-state index is 0.595. The second kappa shape index (κ2) is 13.0. The van der Waals surface area contributed by atoms with Gasteiger partial charge in [-0.15, -0.1) is 0 Å². The van der Waals surface area contributed by atoms with E-state index < -0.39 is 0 Å². The average Bonchev–Trinajstić information content (AvgIpc) is 3.76. The van der Waals surface area contributed by atoms with Crippen LogP contribution in [0.1, 0.15) is 0 Å². The molecule has 0 radical (unpaired) electrons. The Kier molecular flexibility index (Phi) is 7.41. The summed E-state index contributed by atoms with van der Waals surface area (Å²) in [5.41, 5.74) is 7.08. The fourth-order valence-electron chi connectivity index (χ4n) is 8.75. The summed E-state index contributed by atoms with van der Waals surface area (Å²) in [4.78, 5) is 5.51. The van der Waals surface area contributed by atoms with E-state index in [1.165, 1.54) is 26.9 Å². The molecular weight excluding hydrogens is 892 g/mol. The number of fused-ring (bicyclic) bond motifs is 11. The van der Waals surface area contributed by atoms with Crippen LogP contribution in [0.4, 0.5) is 0 Å². The Bertz CT molecular complexity index is 3690. The number of rotatable bonds is 5. The first-order valence-corrected chi connectivity index (χ1v) is 20.4. The minimum absolute atomic E-state index is 0.595. The van der Waals surface area contributed by atoms with Crippen LogP contribution in [-0.4, -0.2) is 18.7 Å². The van der Waals surface area contributed by atoms with Gasteiger partial charge in [0.15, 0.2) is 0 Å². The molecule has 12 aromatic rings. The van der Waals surface area contributed by atoms with Gasteiger partial charge in [0.1, 0.15) is 0 Å². The summed E-state index contributed by atoms with van der Waals surface area (Å²) in [6, 6.07) is 71.0. The number of pyridine rings is 1. The number of ether oxygens (including phenoxy) is 1. The van der Waals surface area contributed by atoms with Gasteiger partial charge >= 0.3 is 223 Å². The zero-order valence-electron chi connectivity index (χ0n) is 30.8. The maximum absolute atomic E-state index is 6.68. The molecule has 0 saturated carbocycles. The predicted molar refractivity (Wildman–Crippen MR) is 232 cm³/mol. The Labute approximate surface area is 343 Å². The third-order valence-electron chi connectivity index (χ3n) is 11.3. The molecule has 0 atom stereocenters. The molecular formula is C52H30N4OPt-2. The molecule has 0 aliphatic carbocycles. The number of nitrogens with zero attached hydrogens (tertiary/aromatic N) is 4. The van der Waals surface area contributed by atoms with Gasteiger partial charge in [-0.1, -0.05) is 72.8 Å². The van der Waals surface area contributed by atoms with Crippen molar-refractivity contribution in [1.29, 1.82) is 0 Å². The molecule has 0 unspecified atom stereocenters. The number of hydrogen-bond acceptors (Lipinski definition) is 2. The summed E-state index contributed by atoms with van der Waals surface area (Å²) in [5, 5.41) is 10.4. The monoisotopic (exact) mass is 921 g/mol. The fourth-order valence-corrected chi connectivity index (χ4v) is 9.86. The van der Waals surface area contributed by atoms with Gasteiger partial charge in [-0.05, 0) is 33.7 Å². The van der Waals surface area contributed by atoms with Crippen LogP contribution in [0.5, 0.6) is 11.5 Å². The van der Waals surface area contributed by atoms with Gasteiger partial charge in [0.25, 0.3) is 0 Å². The van der Waals surface area contributed by atoms with Gasteiger partial charge in [0, 0.05) is 10.8 Å². The zero-order chi connectivity index (χ0) is 38.3. The Morgan fingerprint density at radius 3 is 1.84 bits per heavy atom. The maximum atomic E-state index is 6.68.